The largest absolute Gasteiger partial charge is 0.472 e. The number of anilines is 2. The molecule has 19 heavy (non-hydrogen) atoms. The number of carbonyl (C=O) groups is 1. The molecule has 4 rings (SSSR count). The molecule has 2 aromatic carbocycles. The fraction of sp³-hybridized carbons (Fsp3) is 0.0714. The highest BCUT2D eigenvalue weighted by Crippen LogP contribution is 2.54. The minimum Gasteiger partial charge on any atom is -0.472 e. The molecule has 2 N–H and O–H groups in total. The summed E-state index contributed by atoms with van der Waals surface area (Å²) >= 11 is 0. The highest BCUT2D eigenvalue weighted by molar-refractivity contribution is 7.36. The van der Waals surface area contributed by atoms with Gasteiger partial charge in [0.2, 0.25) is 0 Å². The van der Waals surface area contributed by atoms with E-state index >= 15 is 0 Å². The molecule has 2 aliphatic heterocycles. The molecule has 0 fully saturated rings. The van der Waals surface area contributed by atoms with Crippen LogP contribution in [0.2, 0.25) is 0 Å². The van der Waals surface area contributed by atoms with Crippen molar-refractivity contribution in [3.05, 3.63) is 54.1 Å². The predicted octanol–water partition coefficient (Wildman–Crippen LogP) is 2.89. The Bertz CT molecular complexity index is 689. The summed E-state index contributed by atoms with van der Waals surface area (Å²) in [5.41, 5.74) is 2.66. The van der Waals surface area contributed by atoms with Gasteiger partial charge in [-0.2, -0.15) is 0 Å². The molecular weight excluding hydrogens is 259 g/mol. The maximum Gasteiger partial charge on any atom is 0.262 e. The minimum atomic E-state index is -0.787. The highest BCUT2D eigenvalue weighted by atomic mass is 31.1. The van der Waals surface area contributed by atoms with Gasteiger partial charge in [0, 0.05) is 11.3 Å². The predicted molar refractivity (Wildman–Crippen MR) is 75.8 cm³/mol. The monoisotopic (exact) mass is 270 g/mol. The summed E-state index contributed by atoms with van der Waals surface area (Å²) in [4.78, 5) is 12.4. The van der Waals surface area contributed by atoms with Crippen molar-refractivity contribution < 1.29 is 9.32 Å². The van der Waals surface area contributed by atoms with Crippen molar-refractivity contribution in [1.82, 2.24) is 0 Å². The first-order valence-electron chi connectivity index (χ1n) is 6.02. The third-order valence-electron chi connectivity index (χ3n) is 3.44. The number of nitrogens with one attached hydrogen (secondary N) is 2. The number of hydrogen-bond donors (Lipinski definition) is 2. The van der Waals surface area contributed by atoms with Gasteiger partial charge in [0.15, 0.2) is 5.28 Å². The van der Waals surface area contributed by atoms with Gasteiger partial charge < -0.3 is 15.2 Å². The highest BCUT2D eigenvalue weighted by Gasteiger charge is 2.50. The van der Waals surface area contributed by atoms with Crippen LogP contribution in [0, 0.1) is 0 Å². The van der Waals surface area contributed by atoms with Gasteiger partial charge in [-0.25, -0.2) is 0 Å². The zero-order valence-electron chi connectivity index (χ0n) is 9.94. The molecule has 0 aromatic heterocycles. The van der Waals surface area contributed by atoms with E-state index in [4.69, 9.17) is 4.52 Å². The second-order valence-electron chi connectivity index (χ2n) is 4.57. The van der Waals surface area contributed by atoms with E-state index in [-0.39, 0.29) is 14.7 Å². The molecule has 2 aromatic rings. The molecule has 2 unspecified atom stereocenters. The van der Waals surface area contributed by atoms with Crippen LogP contribution in [-0.4, -0.2) is 5.91 Å². The Balaban J connectivity index is 1.87. The number of rotatable bonds is 0. The van der Waals surface area contributed by atoms with E-state index in [2.05, 4.69) is 10.6 Å². The molecule has 1 spiro atoms. The standard InChI is InChI=1S/C14H11N2O2P/c17-13-14(9-5-1-2-6-10(9)15-13)16-11-7-3-4-8-12(11)18-19-14/h1-8,16,19H,(H,15,17). The lowest BCUT2D eigenvalue weighted by molar-refractivity contribution is -0.117. The molecule has 2 heterocycles. The van der Waals surface area contributed by atoms with Crippen LogP contribution in [0.15, 0.2) is 48.5 Å². The minimum absolute atomic E-state index is 0.0168. The fourth-order valence-electron chi connectivity index (χ4n) is 2.50. The van der Waals surface area contributed by atoms with Crippen LogP contribution in [0.4, 0.5) is 11.4 Å². The molecule has 0 saturated carbocycles. The molecule has 1 amide bonds. The average molecular weight is 270 g/mol. The average Bonchev–Trinajstić information content (AvgIpc) is 2.72. The second-order valence-corrected chi connectivity index (χ2v) is 5.73. The van der Waals surface area contributed by atoms with E-state index in [9.17, 15) is 4.79 Å². The molecule has 5 heteroatoms. The SMILES string of the molecule is O=C1Nc2ccccc2C12Nc1ccccc1OP2. The van der Waals surface area contributed by atoms with Gasteiger partial charge in [-0.1, -0.05) is 30.3 Å². The molecule has 0 radical (unpaired) electrons. The molecule has 2 atom stereocenters. The van der Waals surface area contributed by atoms with E-state index in [1.165, 1.54) is 0 Å². The van der Waals surface area contributed by atoms with Gasteiger partial charge in [-0.05, 0) is 18.2 Å². The van der Waals surface area contributed by atoms with Gasteiger partial charge in [0.25, 0.3) is 5.91 Å². The summed E-state index contributed by atoms with van der Waals surface area (Å²) in [7, 11) is 0.0168. The number of fused-ring (bicyclic) bond motifs is 3. The molecule has 94 valence electrons. The normalized spacial score (nSPS) is 24.3. The number of carbonyl (C=O) groups excluding carboxylic acids is 1. The lowest BCUT2D eigenvalue weighted by Gasteiger charge is -2.34. The van der Waals surface area contributed by atoms with Gasteiger partial charge in [0.05, 0.1) is 5.69 Å². The van der Waals surface area contributed by atoms with Gasteiger partial charge >= 0.3 is 0 Å². The Labute approximate surface area is 112 Å². The van der Waals surface area contributed by atoms with E-state index in [1.807, 2.05) is 48.5 Å². The Morgan fingerprint density at radius 1 is 1.00 bits per heavy atom. The molecule has 2 aliphatic rings. The summed E-state index contributed by atoms with van der Waals surface area (Å²) in [6.45, 7) is 0. The van der Waals surface area contributed by atoms with Crippen LogP contribution in [0.5, 0.6) is 5.75 Å². The van der Waals surface area contributed by atoms with E-state index in [0.29, 0.717) is 0 Å². The second kappa shape index (κ2) is 3.72. The van der Waals surface area contributed by atoms with Crippen molar-refractivity contribution in [2.75, 3.05) is 10.6 Å². The third-order valence-corrected chi connectivity index (χ3v) is 4.69. The summed E-state index contributed by atoms with van der Waals surface area (Å²) in [5.74, 6) is 0.741. The number of hydrogen-bond acceptors (Lipinski definition) is 3. The fourth-order valence-corrected chi connectivity index (χ4v) is 3.61. The summed E-state index contributed by atoms with van der Waals surface area (Å²) in [6, 6.07) is 15.4. The summed E-state index contributed by atoms with van der Waals surface area (Å²) in [6.07, 6.45) is 0. The summed E-state index contributed by atoms with van der Waals surface area (Å²) < 4.78 is 5.79. The number of amides is 1. The van der Waals surface area contributed by atoms with Crippen molar-refractivity contribution in [3.63, 3.8) is 0 Å². The quantitative estimate of drug-likeness (QED) is 0.724. The van der Waals surface area contributed by atoms with Crippen LogP contribution in [0.1, 0.15) is 5.56 Å². The van der Waals surface area contributed by atoms with Crippen molar-refractivity contribution in [1.29, 1.82) is 0 Å². The van der Waals surface area contributed by atoms with Gasteiger partial charge in [-0.3, -0.25) is 4.79 Å². The zero-order valence-corrected chi connectivity index (χ0v) is 10.9. The lowest BCUT2D eigenvalue weighted by atomic mass is 10.1. The molecule has 0 aliphatic carbocycles. The first kappa shape index (κ1) is 10.8. The van der Waals surface area contributed by atoms with Gasteiger partial charge in [-0.15, -0.1) is 0 Å². The van der Waals surface area contributed by atoms with Crippen LogP contribution < -0.4 is 15.2 Å². The molecule has 0 saturated heterocycles. The first-order chi connectivity index (χ1) is 9.29. The topological polar surface area (TPSA) is 50.4 Å². The van der Waals surface area contributed by atoms with Gasteiger partial charge in [0.1, 0.15) is 14.6 Å². The Kier molecular flexibility index (Phi) is 2.12. The Morgan fingerprint density at radius 3 is 2.63 bits per heavy atom. The molecular formula is C14H11N2O2P. The van der Waals surface area contributed by atoms with Crippen molar-refractivity contribution in [3.8, 4) is 5.75 Å². The number of para-hydroxylation sites is 3. The maximum atomic E-state index is 12.4. The van der Waals surface area contributed by atoms with Crippen molar-refractivity contribution in [2.45, 2.75) is 5.28 Å². The van der Waals surface area contributed by atoms with Crippen LogP contribution in [0.3, 0.4) is 0 Å². The van der Waals surface area contributed by atoms with E-state index < -0.39 is 5.28 Å². The van der Waals surface area contributed by atoms with Crippen molar-refractivity contribution in [2.24, 2.45) is 0 Å². The smallest absolute Gasteiger partial charge is 0.262 e. The zero-order chi connectivity index (χ0) is 12.9. The lowest BCUT2D eigenvalue weighted by Crippen LogP contribution is -2.40. The molecule has 4 nitrogen and oxygen atoms in total. The Morgan fingerprint density at radius 2 is 1.74 bits per heavy atom. The van der Waals surface area contributed by atoms with Crippen LogP contribution >= 0.6 is 8.81 Å². The maximum absolute atomic E-state index is 12.4. The third kappa shape index (κ3) is 1.41. The van der Waals surface area contributed by atoms with Crippen LogP contribution in [0.25, 0.3) is 0 Å². The first-order valence-corrected chi connectivity index (χ1v) is 6.93. The molecule has 0 bridgehead atoms. The number of benzene rings is 2. The Hall–Kier alpha value is -2.06. The summed E-state index contributed by atoms with van der Waals surface area (Å²) in [5, 5.41) is 5.48. The van der Waals surface area contributed by atoms with Crippen molar-refractivity contribution >= 4 is 26.1 Å². The van der Waals surface area contributed by atoms with Crippen LogP contribution in [-0.2, 0) is 10.1 Å². The van der Waals surface area contributed by atoms with E-state index in [1.54, 1.807) is 0 Å². The van der Waals surface area contributed by atoms with E-state index in [0.717, 1.165) is 22.7 Å².